The van der Waals surface area contributed by atoms with Crippen LogP contribution in [0.4, 0.5) is 0 Å². The van der Waals surface area contributed by atoms with E-state index in [1.54, 1.807) is 24.9 Å². The Morgan fingerprint density at radius 1 is 1.03 bits per heavy atom. The van der Waals surface area contributed by atoms with Crippen molar-refractivity contribution >= 4 is 23.3 Å². The van der Waals surface area contributed by atoms with Crippen LogP contribution in [0.1, 0.15) is 25.2 Å². The van der Waals surface area contributed by atoms with E-state index in [2.05, 4.69) is 0 Å². The summed E-state index contributed by atoms with van der Waals surface area (Å²) in [6.45, 7) is 5.17. The molecule has 0 aliphatic rings. The minimum Gasteiger partial charge on any atom is -0.497 e. The molecule has 0 spiro atoms. The SMILES string of the molecule is COc1ccc(OC)c(Cc2nc3ccc(OC(C)C)cc3c(=O)n2CCN(C)C)c1.Cl. The fraction of sp³-hybridized carbons (Fsp3) is 0.417. The third kappa shape index (κ3) is 5.93. The van der Waals surface area contributed by atoms with E-state index in [-0.39, 0.29) is 24.1 Å². The first-order chi connectivity index (χ1) is 14.8. The lowest BCUT2D eigenvalue weighted by molar-refractivity contribution is 0.242. The normalized spacial score (nSPS) is 11.0. The van der Waals surface area contributed by atoms with E-state index in [1.807, 2.05) is 63.2 Å². The Hall–Kier alpha value is -2.77. The minimum atomic E-state index is -0.0714. The van der Waals surface area contributed by atoms with Crippen LogP contribution in [-0.2, 0) is 13.0 Å². The zero-order valence-electron chi connectivity index (χ0n) is 19.5. The molecule has 0 amide bonds. The van der Waals surface area contributed by atoms with Crippen LogP contribution in [0, 0.1) is 0 Å². The fourth-order valence-electron chi connectivity index (χ4n) is 3.45. The molecule has 0 atom stereocenters. The van der Waals surface area contributed by atoms with Crippen LogP contribution in [0.15, 0.2) is 41.2 Å². The van der Waals surface area contributed by atoms with E-state index in [0.29, 0.717) is 35.4 Å². The Morgan fingerprint density at radius 3 is 2.38 bits per heavy atom. The van der Waals surface area contributed by atoms with E-state index in [9.17, 15) is 4.79 Å². The lowest BCUT2D eigenvalue weighted by Crippen LogP contribution is -2.30. The molecule has 0 bridgehead atoms. The van der Waals surface area contributed by atoms with Crippen LogP contribution in [0.2, 0.25) is 0 Å². The van der Waals surface area contributed by atoms with Gasteiger partial charge >= 0.3 is 0 Å². The number of likely N-dealkylation sites (N-methyl/N-ethyl adjacent to an activating group) is 1. The molecule has 0 radical (unpaired) electrons. The number of aromatic nitrogens is 2. The molecule has 0 fully saturated rings. The molecule has 32 heavy (non-hydrogen) atoms. The number of hydrogen-bond acceptors (Lipinski definition) is 6. The molecule has 3 rings (SSSR count). The highest BCUT2D eigenvalue weighted by molar-refractivity contribution is 5.85. The summed E-state index contributed by atoms with van der Waals surface area (Å²) in [6.07, 6.45) is 0.477. The largest absolute Gasteiger partial charge is 0.497 e. The summed E-state index contributed by atoms with van der Waals surface area (Å²) in [7, 11) is 7.23. The van der Waals surface area contributed by atoms with E-state index < -0.39 is 0 Å². The molecular formula is C24H32ClN3O4. The highest BCUT2D eigenvalue weighted by Gasteiger charge is 2.16. The summed E-state index contributed by atoms with van der Waals surface area (Å²) < 4.78 is 18.4. The maximum Gasteiger partial charge on any atom is 0.261 e. The fourth-order valence-corrected chi connectivity index (χ4v) is 3.45. The predicted octanol–water partition coefficient (Wildman–Crippen LogP) is 3.78. The Bertz CT molecular complexity index is 1110. The van der Waals surface area contributed by atoms with Crippen LogP contribution in [0.25, 0.3) is 10.9 Å². The van der Waals surface area contributed by atoms with Crippen molar-refractivity contribution in [1.82, 2.24) is 14.5 Å². The molecule has 0 aliphatic carbocycles. The van der Waals surface area contributed by atoms with Crippen LogP contribution in [0.3, 0.4) is 0 Å². The van der Waals surface area contributed by atoms with Crippen LogP contribution >= 0.6 is 12.4 Å². The van der Waals surface area contributed by atoms with E-state index in [0.717, 1.165) is 23.6 Å². The van der Waals surface area contributed by atoms with Gasteiger partial charge in [0.15, 0.2) is 0 Å². The quantitative estimate of drug-likeness (QED) is 0.483. The minimum absolute atomic E-state index is 0. The molecular weight excluding hydrogens is 430 g/mol. The summed E-state index contributed by atoms with van der Waals surface area (Å²) in [5, 5.41) is 0.554. The van der Waals surface area contributed by atoms with Gasteiger partial charge in [-0.2, -0.15) is 0 Å². The average molecular weight is 462 g/mol. The summed E-state index contributed by atoms with van der Waals surface area (Å²) >= 11 is 0. The highest BCUT2D eigenvalue weighted by Crippen LogP contribution is 2.26. The Morgan fingerprint density at radius 2 is 1.75 bits per heavy atom. The van der Waals surface area contributed by atoms with Crippen molar-refractivity contribution < 1.29 is 14.2 Å². The standard InChI is InChI=1S/C24H31N3O4.ClH/c1-16(2)31-19-7-9-21-20(15-19)24(28)27(12-11-26(3)4)23(25-21)14-17-13-18(29-5)8-10-22(17)30-6;/h7-10,13,15-16H,11-12,14H2,1-6H3;1H. The molecule has 0 saturated carbocycles. The predicted molar refractivity (Wildman–Crippen MR) is 130 cm³/mol. The lowest BCUT2D eigenvalue weighted by atomic mass is 10.1. The van der Waals surface area contributed by atoms with Crippen LogP contribution in [-0.4, -0.2) is 55.4 Å². The molecule has 1 aromatic heterocycles. The van der Waals surface area contributed by atoms with Gasteiger partial charge in [-0.3, -0.25) is 9.36 Å². The number of rotatable bonds is 9. The van der Waals surface area contributed by atoms with Crippen molar-refractivity contribution in [3.05, 3.63) is 58.1 Å². The van der Waals surface area contributed by atoms with Gasteiger partial charge in [0.05, 0.1) is 31.2 Å². The van der Waals surface area contributed by atoms with Crippen molar-refractivity contribution in [2.45, 2.75) is 32.9 Å². The molecule has 8 heteroatoms. The molecule has 7 nitrogen and oxygen atoms in total. The monoisotopic (exact) mass is 461 g/mol. The molecule has 2 aromatic carbocycles. The van der Waals surface area contributed by atoms with Gasteiger partial charge in [-0.05, 0) is 64.3 Å². The van der Waals surface area contributed by atoms with Crippen molar-refractivity contribution in [2.75, 3.05) is 34.9 Å². The molecule has 1 heterocycles. The van der Waals surface area contributed by atoms with Crippen molar-refractivity contribution in [1.29, 1.82) is 0 Å². The maximum atomic E-state index is 13.5. The summed E-state index contributed by atoms with van der Waals surface area (Å²) in [5.41, 5.74) is 1.49. The zero-order valence-corrected chi connectivity index (χ0v) is 20.4. The topological polar surface area (TPSA) is 65.8 Å². The van der Waals surface area contributed by atoms with Gasteiger partial charge in [-0.1, -0.05) is 0 Å². The molecule has 0 saturated heterocycles. The average Bonchev–Trinajstić information content (AvgIpc) is 2.73. The highest BCUT2D eigenvalue weighted by atomic mass is 35.5. The molecule has 0 unspecified atom stereocenters. The number of hydrogen-bond donors (Lipinski definition) is 0. The maximum absolute atomic E-state index is 13.5. The lowest BCUT2D eigenvalue weighted by Gasteiger charge is -2.18. The van der Waals surface area contributed by atoms with Gasteiger partial charge in [-0.15, -0.1) is 12.4 Å². The van der Waals surface area contributed by atoms with E-state index in [1.165, 1.54) is 0 Å². The third-order valence-electron chi connectivity index (χ3n) is 4.98. The van der Waals surface area contributed by atoms with Gasteiger partial charge in [0.2, 0.25) is 0 Å². The first kappa shape index (κ1) is 25.5. The van der Waals surface area contributed by atoms with Gasteiger partial charge in [0.25, 0.3) is 5.56 Å². The van der Waals surface area contributed by atoms with E-state index >= 15 is 0 Å². The van der Waals surface area contributed by atoms with Gasteiger partial charge in [0, 0.05) is 25.1 Å². The van der Waals surface area contributed by atoms with Crippen LogP contribution in [0.5, 0.6) is 17.2 Å². The first-order valence-corrected chi connectivity index (χ1v) is 10.4. The molecule has 0 N–H and O–H groups in total. The summed E-state index contributed by atoms with van der Waals surface area (Å²) in [4.78, 5) is 20.4. The van der Waals surface area contributed by atoms with Crippen molar-refractivity contribution in [3.8, 4) is 17.2 Å². The van der Waals surface area contributed by atoms with Crippen molar-refractivity contribution in [3.63, 3.8) is 0 Å². The second kappa shape index (κ2) is 11.2. The smallest absolute Gasteiger partial charge is 0.261 e. The van der Waals surface area contributed by atoms with Gasteiger partial charge in [0.1, 0.15) is 23.1 Å². The van der Waals surface area contributed by atoms with Gasteiger partial charge in [-0.25, -0.2) is 4.98 Å². The second-order valence-electron chi connectivity index (χ2n) is 7.99. The number of benzene rings is 2. The number of fused-ring (bicyclic) bond motifs is 1. The van der Waals surface area contributed by atoms with Crippen LogP contribution < -0.4 is 19.8 Å². The molecule has 174 valence electrons. The Balaban J connectivity index is 0.00000363. The Kier molecular flexibility index (Phi) is 8.92. The second-order valence-corrected chi connectivity index (χ2v) is 7.99. The molecule has 3 aromatic rings. The molecule has 0 aliphatic heterocycles. The summed E-state index contributed by atoms with van der Waals surface area (Å²) in [6, 6.07) is 11.1. The third-order valence-corrected chi connectivity index (χ3v) is 4.98. The number of halogens is 1. The van der Waals surface area contributed by atoms with E-state index in [4.69, 9.17) is 19.2 Å². The number of methoxy groups -OCH3 is 2. The van der Waals surface area contributed by atoms with Gasteiger partial charge < -0.3 is 19.1 Å². The number of ether oxygens (including phenoxy) is 3. The van der Waals surface area contributed by atoms with Crippen molar-refractivity contribution in [2.24, 2.45) is 0 Å². The Labute approximate surface area is 195 Å². The first-order valence-electron chi connectivity index (χ1n) is 10.4. The zero-order chi connectivity index (χ0) is 22.5. The summed E-state index contributed by atoms with van der Waals surface area (Å²) in [5.74, 6) is 2.82. The number of nitrogens with zero attached hydrogens (tertiary/aromatic N) is 3.